The van der Waals surface area contributed by atoms with Gasteiger partial charge in [0.2, 0.25) is 0 Å². The van der Waals surface area contributed by atoms with Gasteiger partial charge in [-0.25, -0.2) is 0 Å². The Balaban J connectivity index is 2.26. The van der Waals surface area contributed by atoms with Gasteiger partial charge in [0.1, 0.15) is 12.9 Å². The Morgan fingerprint density at radius 1 is 1.14 bits per heavy atom. The number of phenolic OH excluding ortho intramolecular Hbond substituents is 2. The van der Waals surface area contributed by atoms with E-state index < -0.39 is 0 Å². The highest BCUT2D eigenvalue weighted by Crippen LogP contribution is 2.37. The minimum absolute atomic E-state index is 0.00292. The summed E-state index contributed by atoms with van der Waals surface area (Å²) in [5, 5.41) is 26.6. The Kier molecular flexibility index (Phi) is 15.0. The van der Waals surface area contributed by atoms with E-state index in [2.05, 4.69) is 22.5 Å². The Bertz CT molecular complexity index is 1210. The molecule has 10 heteroatoms. The number of carbonyl (C=O) groups is 2. The van der Waals surface area contributed by atoms with Crippen LogP contribution in [0.15, 0.2) is 47.5 Å². The number of hydrogen-bond donors (Lipinski definition) is 5. The average molecular weight is 583 g/mol. The monoisotopic (exact) mass is 582 g/mol. The van der Waals surface area contributed by atoms with Crippen LogP contribution < -0.4 is 25.8 Å². The third-order valence-corrected chi connectivity index (χ3v) is 7.16. The summed E-state index contributed by atoms with van der Waals surface area (Å²) in [6, 6.07) is 8.68. The lowest BCUT2D eigenvalue weighted by Gasteiger charge is -2.19. The van der Waals surface area contributed by atoms with E-state index in [1.807, 2.05) is 19.2 Å². The second-order valence-electron chi connectivity index (χ2n) is 10.2. The van der Waals surface area contributed by atoms with Crippen molar-refractivity contribution in [3.05, 3.63) is 53.6 Å². The fourth-order valence-electron chi connectivity index (χ4n) is 4.56. The zero-order valence-electron chi connectivity index (χ0n) is 25.2. The number of aldehydes is 1. The molecule has 0 saturated carbocycles. The number of carbonyl (C=O) groups excluding carboxylic acids is 2. The summed E-state index contributed by atoms with van der Waals surface area (Å²) in [5.74, 6) is 1.11. The SMILES string of the molecule is CCC(CC=O)CCC(C=CC(=O)CCc1ccc(O)c(OC)c1)Cc1cc(NC(N)=NC)c(O)c(OCCNC)c1. The van der Waals surface area contributed by atoms with Crippen LogP contribution in [0.1, 0.15) is 50.2 Å². The normalized spacial score (nSPS) is 13.1. The molecule has 10 nitrogen and oxygen atoms in total. The summed E-state index contributed by atoms with van der Waals surface area (Å²) < 4.78 is 11.0. The number of aryl methyl sites for hydroxylation is 1. The molecule has 2 aromatic rings. The van der Waals surface area contributed by atoms with Crippen molar-refractivity contribution < 1.29 is 29.3 Å². The largest absolute Gasteiger partial charge is 0.504 e. The standard InChI is InChI=1S/C32H46N4O6/c1-5-22(14-16-37)6-7-23(8-11-26(38)12-9-24-10-13-28(39)29(20-24)41-4)18-25-19-27(36-32(33)35-3)31(40)30(21-25)42-17-15-34-2/h8,10-11,13,16,19-23,34,39-40H,5-7,9,12,14-15,17-18H2,1-4H3,(H3,33,35,36). The first-order valence-electron chi connectivity index (χ1n) is 14.4. The molecule has 2 rings (SSSR count). The first kappa shape index (κ1) is 34.2. The van der Waals surface area contributed by atoms with E-state index >= 15 is 0 Å². The molecule has 0 fully saturated rings. The Morgan fingerprint density at radius 2 is 1.90 bits per heavy atom. The summed E-state index contributed by atoms with van der Waals surface area (Å²) in [6.45, 7) is 3.04. The van der Waals surface area contributed by atoms with Gasteiger partial charge in [-0.05, 0) is 86.0 Å². The Morgan fingerprint density at radius 3 is 2.57 bits per heavy atom. The average Bonchev–Trinajstić information content (AvgIpc) is 2.99. The van der Waals surface area contributed by atoms with Crippen LogP contribution in [0.4, 0.5) is 5.69 Å². The summed E-state index contributed by atoms with van der Waals surface area (Å²) >= 11 is 0. The number of aromatic hydroxyl groups is 2. The number of rotatable bonds is 19. The van der Waals surface area contributed by atoms with Gasteiger partial charge in [0.15, 0.2) is 34.7 Å². The number of aliphatic imine (C=N–C) groups is 1. The molecule has 0 aromatic heterocycles. The summed E-state index contributed by atoms with van der Waals surface area (Å²) in [7, 11) is 4.86. The highest BCUT2D eigenvalue weighted by atomic mass is 16.5. The third kappa shape index (κ3) is 11.4. The van der Waals surface area contributed by atoms with E-state index in [-0.39, 0.29) is 35.1 Å². The Labute approximate surface area is 249 Å². The molecule has 0 amide bonds. The van der Waals surface area contributed by atoms with Crippen molar-refractivity contribution >= 4 is 23.7 Å². The Hall–Kier alpha value is -4.05. The molecule has 6 N–H and O–H groups in total. The maximum Gasteiger partial charge on any atom is 0.192 e. The highest BCUT2D eigenvalue weighted by Gasteiger charge is 2.17. The van der Waals surface area contributed by atoms with Crippen molar-refractivity contribution in [1.29, 1.82) is 0 Å². The van der Waals surface area contributed by atoms with Crippen molar-refractivity contribution in [2.75, 3.05) is 39.7 Å². The van der Waals surface area contributed by atoms with E-state index in [4.69, 9.17) is 15.2 Å². The molecule has 0 bridgehead atoms. The highest BCUT2D eigenvalue weighted by molar-refractivity contribution is 5.94. The number of methoxy groups -OCH3 is 1. The number of hydrogen-bond acceptors (Lipinski definition) is 8. The molecule has 0 heterocycles. The van der Waals surface area contributed by atoms with Crippen molar-refractivity contribution in [3.8, 4) is 23.0 Å². The lowest BCUT2D eigenvalue weighted by Crippen LogP contribution is -2.22. The van der Waals surface area contributed by atoms with Crippen molar-refractivity contribution in [1.82, 2.24) is 5.32 Å². The van der Waals surface area contributed by atoms with E-state index in [1.165, 1.54) is 7.11 Å². The quantitative estimate of drug-likeness (QED) is 0.0405. The number of ketones is 1. The van der Waals surface area contributed by atoms with Crippen LogP contribution in [0.2, 0.25) is 0 Å². The predicted molar refractivity (Wildman–Crippen MR) is 167 cm³/mol. The van der Waals surface area contributed by atoms with Crippen molar-refractivity contribution in [2.45, 2.75) is 51.9 Å². The number of ether oxygens (including phenoxy) is 2. The van der Waals surface area contributed by atoms with Crippen LogP contribution in [0.5, 0.6) is 23.0 Å². The maximum absolute atomic E-state index is 12.8. The van der Waals surface area contributed by atoms with Crippen LogP contribution >= 0.6 is 0 Å². The number of benzene rings is 2. The zero-order valence-corrected chi connectivity index (χ0v) is 25.2. The molecule has 0 aliphatic carbocycles. The summed E-state index contributed by atoms with van der Waals surface area (Å²) in [6.07, 6.45) is 8.98. The fraction of sp³-hybridized carbons (Fsp3) is 0.469. The number of guanidine groups is 1. The van der Waals surface area contributed by atoms with Gasteiger partial charge >= 0.3 is 0 Å². The summed E-state index contributed by atoms with van der Waals surface area (Å²) in [4.78, 5) is 27.9. The minimum atomic E-state index is -0.0633. The van der Waals surface area contributed by atoms with Crippen LogP contribution in [0.25, 0.3) is 0 Å². The number of allylic oxidation sites excluding steroid dienone is 2. The first-order chi connectivity index (χ1) is 20.2. The van der Waals surface area contributed by atoms with Gasteiger partial charge in [-0.3, -0.25) is 9.79 Å². The van der Waals surface area contributed by atoms with Gasteiger partial charge in [-0.2, -0.15) is 0 Å². The lowest BCUT2D eigenvalue weighted by molar-refractivity contribution is -0.114. The van der Waals surface area contributed by atoms with Crippen LogP contribution in [0, 0.1) is 11.8 Å². The molecule has 0 spiro atoms. The molecule has 0 saturated heterocycles. The number of phenols is 2. The van der Waals surface area contributed by atoms with Gasteiger partial charge in [0.05, 0.1) is 12.8 Å². The minimum Gasteiger partial charge on any atom is -0.504 e. The number of nitrogens with two attached hydrogens (primary N) is 1. The third-order valence-electron chi connectivity index (χ3n) is 7.16. The number of anilines is 1. The van der Waals surface area contributed by atoms with E-state index in [1.54, 1.807) is 37.4 Å². The van der Waals surface area contributed by atoms with Crippen LogP contribution in [-0.2, 0) is 22.4 Å². The van der Waals surface area contributed by atoms with Gasteiger partial charge in [0, 0.05) is 26.4 Å². The molecule has 2 aromatic carbocycles. The number of nitrogens with zero attached hydrogens (tertiary/aromatic N) is 1. The zero-order chi connectivity index (χ0) is 30.9. The van der Waals surface area contributed by atoms with Gasteiger partial charge in [0.25, 0.3) is 0 Å². The fourth-order valence-corrected chi connectivity index (χ4v) is 4.56. The van der Waals surface area contributed by atoms with Crippen LogP contribution in [-0.4, -0.2) is 62.6 Å². The molecule has 0 aliphatic heterocycles. The smallest absolute Gasteiger partial charge is 0.192 e. The predicted octanol–water partition coefficient (Wildman–Crippen LogP) is 4.37. The molecule has 0 aliphatic rings. The maximum atomic E-state index is 12.8. The van der Waals surface area contributed by atoms with Gasteiger partial charge in [-0.15, -0.1) is 0 Å². The first-order valence-corrected chi connectivity index (χ1v) is 14.4. The summed E-state index contributed by atoms with van der Waals surface area (Å²) in [5.41, 5.74) is 8.04. The van der Waals surface area contributed by atoms with Crippen molar-refractivity contribution in [3.63, 3.8) is 0 Å². The molecule has 2 atom stereocenters. The topological polar surface area (TPSA) is 156 Å². The molecular formula is C32H46N4O6. The second-order valence-corrected chi connectivity index (χ2v) is 10.2. The molecule has 2 unspecified atom stereocenters. The number of likely N-dealkylation sites (N-methyl/N-ethyl adjacent to an activating group) is 1. The number of nitrogens with one attached hydrogen (secondary N) is 2. The lowest BCUT2D eigenvalue weighted by atomic mass is 9.88. The molecular weight excluding hydrogens is 536 g/mol. The molecule has 0 radical (unpaired) electrons. The second kappa shape index (κ2) is 18.4. The van der Waals surface area contributed by atoms with Gasteiger partial charge in [-0.1, -0.05) is 25.5 Å². The molecule has 230 valence electrons. The van der Waals surface area contributed by atoms with Crippen LogP contribution in [0.3, 0.4) is 0 Å². The van der Waals surface area contributed by atoms with E-state index in [0.717, 1.165) is 36.7 Å². The van der Waals surface area contributed by atoms with Gasteiger partial charge < -0.3 is 40.8 Å². The van der Waals surface area contributed by atoms with E-state index in [9.17, 15) is 19.8 Å². The molecule has 42 heavy (non-hydrogen) atoms. The van der Waals surface area contributed by atoms with E-state index in [0.29, 0.717) is 56.0 Å². The van der Waals surface area contributed by atoms with Crippen molar-refractivity contribution in [2.24, 2.45) is 22.6 Å².